The molecular formula is C21H34ClNO3. The van der Waals surface area contributed by atoms with Crippen LogP contribution >= 0.6 is 11.6 Å². The smallest absolute Gasteiger partial charge is 0.158 e. The molecule has 0 atom stereocenters. The molecule has 148 valence electrons. The van der Waals surface area contributed by atoms with Crippen LogP contribution < -0.4 is 10.1 Å². The fraction of sp³-hybridized carbons (Fsp3) is 0.714. The Labute approximate surface area is 163 Å². The number of unbranched alkanes of at least 4 members (excludes halogenated alkanes) is 3. The fourth-order valence-corrected chi connectivity index (χ4v) is 3.76. The highest BCUT2D eigenvalue weighted by molar-refractivity contribution is 6.33. The molecule has 0 aliphatic heterocycles. The van der Waals surface area contributed by atoms with Crippen molar-refractivity contribution in [3.63, 3.8) is 0 Å². The van der Waals surface area contributed by atoms with E-state index < -0.39 is 0 Å². The summed E-state index contributed by atoms with van der Waals surface area (Å²) in [7, 11) is 0. The van der Waals surface area contributed by atoms with Crippen LogP contribution in [-0.4, -0.2) is 24.5 Å². The molecule has 0 radical (unpaired) electrons. The first kappa shape index (κ1) is 21.2. The summed E-state index contributed by atoms with van der Waals surface area (Å²) >= 11 is 6.38. The summed E-state index contributed by atoms with van der Waals surface area (Å²) in [6.07, 6.45) is 11.7. The summed E-state index contributed by atoms with van der Waals surface area (Å²) in [5.74, 6) is 0.834. The minimum absolute atomic E-state index is 0.0779. The number of hydrogen-bond donors (Lipinski definition) is 2. The molecule has 1 saturated carbocycles. The van der Waals surface area contributed by atoms with Crippen LogP contribution in [0.3, 0.4) is 0 Å². The third kappa shape index (κ3) is 6.24. The summed E-state index contributed by atoms with van der Waals surface area (Å²) < 4.78 is 11.9. The van der Waals surface area contributed by atoms with Crippen LogP contribution in [0.5, 0.6) is 11.5 Å². The number of anilines is 1. The Balaban J connectivity index is 1.95. The van der Waals surface area contributed by atoms with Crippen molar-refractivity contribution in [3.05, 3.63) is 16.7 Å². The third-order valence-electron chi connectivity index (χ3n) is 5.04. The molecule has 0 unspecified atom stereocenters. The van der Waals surface area contributed by atoms with Gasteiger partial charge in [0.05, 0.1) is 23.4 Å². The van der Waals surface area contributed by atoms with Gasteiger partial charge in [-0.05, 0) is 25.7 Å². The summed E-state index contributed by atoms with van der Waals surface area (Å²) in [5.41, 5.74) is 1.44. The topological polar surface area (TPSA) is 50.7 Å². The number of aromatic hydroxyl groups is 1. The lowest BCUT2D eigenvalue weighted by atomic mass is 9.98. The fourth-order valence-electron chi connectivity index (χ4n) is 3.43. The van der Waals surface area contributed by atoms with Crippen molar-refractivity contribution >= 4 is 17.3 Å². The van der Waals surface area contributed by atoms with Crippen LogP contribution in [0, 0.1) is 0 Å². The quantitative estimate of drug-likeness (QED) is 0.268. The van der Waals surface area contributed by atoms with Crippen molar-refractivity contribution in [2.75, 3.05) is 18.7 Å². The first-order valence-electron chi connectivity index (χ1n) is 10.2. The van der Waals surface area contributed by atoms with E-state index in [4.69, 9.17) is 21.1 Å². The van der Waals surface area contributed by atoms with Crippen molar-refractivity contribution in [3.8, 4) is 11.5 Å². The number of rotatable bonds is 11. The molecule has 1 aliphatic rings. The van der Waals surface area contributed by atoms with Gasteiger partial charge in [0, 0.05) is 11.6 Å². The summed E-state index contributed by atoms with van der Waals surface area (Å²) in [6.45, 7) is 5.26. The molecule has 0 saturated heterocycles. The Morgan fingerprint density at radius 3 is 2.62 bits per heavy atom. The molecular weight excluding hydrogens is 350 g/mol. The van der Waals surface area contributed by atoms with Gasteiger partial charge in [-0.3, -0.25) is 0 Å². The molecule has 1 aromatic rings. The highest BCUT2D eigenvalue weighted by Crippen LogP contribution is 2.41. The summed E-state index contributed by atoms with van der Waals surface area (Å²) in [6, 6.07) is 1.85. The number of hydrogen-bond acceptors (Lipinski definition) is 4. The predicted molar refractivity (Wildman–Crippen MR) is 109 cm³/mol. The Kier molecular flexibility index (Phi) is 9.41. The van der Waals surface area contributed by atoms with Gasteiger partial charge in [0.2, 0.25) is 0 Å². The van der Waals surface area contributed by atoms with E-state index in [1.165, 1.54) is 38.5 Å². The van der Waals surface area contributed by atoms with Gasteiger partial charge in [-0.25, -0.2) is 0 Å². The largest absolute Gasteiger partial charge is 0.504 e. The van der Waals surface area contributed by atoms with Crippen molar-refractivity contribution in [1.29, 1.82) is 0 Å². The Morgan fingerprint density at radius 2 is 1.92 bits per heavy atom. The molecule has 5 heteroatoms. The van der Waals surface area contributed by atoms with E-state index in [0.717, 1.165) is 37.0 Å². The van der Waals surface area contributed by atoms with E-state index in [2.05, 4.69) is 12.2 Å². The third-order valence-corrected chi connectivity index (χ3v) is 5.45. The second kappa shape index (κ2) is 11.6. The minimum atomic E-state index is 0.0779. The number of phenols is 1. The highest BCUT2D eigenvalue weighted by atomic mass is 35.5. The highest BCUT2D eigenvalue weighted by Gasteiger charge is 2.17. The van der Waals surface area contributed by atoms with Crippen molar-refractivity contribution < 1.29 is 14.6 Å². The second-order valence-corrected chi connectivity index (χ2v) is 7.45. The van der Waals surface area contributed by atoms with Gasteiger partial charge >= 0.3 is 0 Å². The molecule has 26 heavy (non-hydrogen) atoms. The maximum absolute atomic E-state index is 10.4. The molecule has 4 nitrogen and oxygen atoms in total. The van der Waals surface area contributed by atoms with Crippen molar-refractivity contribution in [2.45, 2.75) is 84.2 Å². The number of nitrogens with one attached hydrogen (secondary N) is 1. The van der Waals surface area contributed by atoms with Crippen molar-refractivity contribution in [2.24, 2.45) is 0 Å². The van der Waals surface area contributed by atoms with Crippen LogP contribution in [0.1, 0.15) is 77.2 Å². The minimum Gasteiger partial charge on any atom is -0.504 e. The monoisotopic (exact) mass is 383 g/mol. The standard InChI is InChI=1S/C21H34ClNO3/c1-3-5-6-10-13-25-19-14-18(21(24)20(22)17(19)4-2)23-15-26-16-11-8-7-9-12-16/h14,16,23-24H,3-13,15H2,1-2H3. The van der Waals surface area contributed by atoms with E-state index in [0.29, 0.717) is 30.2 Å². The van der Waals surface area contributed by atoms with Gasteiger partial charge < -0.3 is 19.9 Å². The zero-order valence-electron chi connectivity index (χ0n) is 16.3. The van der Waals surface area contributed by atoms with E-state index in [1.54, 1.807) is 0 Å². The number of ether oxygens (including phenoxy) is 2. The summed E-state index contributed by atoms with van der Waals surface area (Å²) in [5, 5.41) is 13.9. The normalized spacial score (nSPS) is 15.2. The van der Waals surface area contributed by atoms with Gasteiger partial charge in [0.25, 0.3) is 0 Å². The summed E-state index contributed by atoms with van der Waals surface area (Å²) in [4.78, 5) is 0. The second-order valence-electron chi connectivity index (χ2n) is 7.07. The van der Waals surface area contributed by atoms with Crippen LogP contribution in [0.2, 0.25) is 5.02 Å². The molecule has 2 rings (SSSR count). The Morgan fingerprint density at radius 1 is 1.15 bits per heavy atom. The number of halogens is 1. The van der Waals surface area contributed by atoms with Gasteiger partial charge in [-0.15, -0.1) is 0 Å². The maximum atomic E-state index is 10.4. The van der Waals surface area contributed by atoms with E-state index in [9.17, 15) is 5.11 Å². The lowest BCUT2D eigenvalue weighted by Gasteiger charge is -2.23. The van der Waals surface area contributed by atoms with Gasteiger partial charge in [-0.2, -0.15) is 0 Å². The van der Waals surface area contributed by atoms with E-state index in [-0.39, 0.29) is 5.75 Å². The molecule has 2 N–H and O–H groups in total. The number of benzene rings is 1. The molecule has 1 fully saturated rings. The van der Waals surface area contributed by atoms with Crippen LogP contribution in [-0.2, 0) is 11.2 Å². The first-order chi connectivity index (χ1) is 12.7. The molecule has 0 spiro atoms. The number of phenolic OH excluding ortho intramolecular Hbond substituents is 1. The average molecular weight is 384 g/mol. The zero-order chi connectivity index (χ0) is 18.8. The molecule has 1 aromatic carbocycles. The van der Waals surface area contributed by atoms with Gasteiger partial charge in [0.15, 0.2) is 5.75 Å². The molecule has 0 aromatic heterocycles. The van der Waals surface area contributed by atoms with Crippen LogP contribution in [0.15, 0.2) is 6.07 Å². The van der Waals surface area contributed by atoms with Crippen molar-refractivity contribution in [1.82, 2.24) is 0 Å². The lowest BCUT2D eigenvalue weighted by molar-refractivity contribution is 0.0399. The van der Waals surface area contributed by atoms with E-state index >= 15 is 0 Å². The Hall–Kier alpha value is -1.13. The first-order valence-corrected chi connectivity index (χ1v) is 10.6. The Bertz CT molecular complexity index is 545. The molecule has 0 heterocycles. The molecule has 0 amide bonds. The molecule has 1 aliphatic carbocycles. The lowest BCUT2D eigenvalue weighted by Crippen LogP contribution is -2.20. The average Bonchev–Trinajstić information content (AvgIpc) is 2.66. The van der Waals surface area contributed by atoms with Crippen LogP contribution in [0.25, 0.3) is 0 Å². The van der Waals surface area contributed by atoms with E-state index in [1.807, 2.05) is 13.0 Å². The van der Waals surface area contributed by atoms with Gasteiger partial charge in [0.1, 0.15) is 12.5 Å². The predicted octanol–water partition coefficient (Wildman–Crippen LogP) is 6.29. The SMILES string of the molecule is CCCCCCOc1cc(NCOC2CCCCC2)c(O)c(Cl)c1CC. The zero-order valence-corrected chi connectivity index (χ0v) is 17.0. The maximum Gasteiger partial charge on any atom is 0.158 e. The van der Waals surface area contributed by atoms with Crippen LogP contribution in [0.4, 0.5) is 5.69 Å². The molecule has 0 bridgehead atoms. The van der Waals surface area contributed by atoms with Gasteiger partial charge in [-0.1, -0.05) is 64.0 Å².